The van der Waals surface area contributed by atoms with Crippen molar-refractivity contribution in [2.75, 3.05) is 7.11 Å². The van der Waals surface area contributed by atoms with E-state index < -0.39 is 5.97 Å². The highest BCUT2D eigenvalue weighted by Gasteiger charge is 2.14. The molecule has 1 aromatic carbocycles. The minimum atomic E-state index is -0.997. The molecule has 1 aromatic heterocycles. The molecule has 0 amide bonds. The van der Waals surface area contributed by atoms with Gasteiger partial charge in [-0.05, 0) is 23.8 Å². The SMILES string of the molecule is COc1ccc(CSc2sc(C(=O)O)cc2C#N)cc1. The van der Waals surface area contributed by atoms with Crippen LogP contribution in [0.15, 0.2) is 34.5 Å². The van der Waals surface area contributed by atoms with E-state index in [1.165, 1.54) is 17.8 Å². The molecular formula is C14H11NO3S2. The summed E-state index contributed by atoms with van der Waals surface area (Å²) in [5.41, 5.74) is 1.51. The van der Waals surface area contributed by atoms with Crippen molar-refractivity contribution in [1.29, 1.82) is 5.26 Å². The number of hydrogen-bond donors (Lipinski definition) is 1. The molecule has 0 spiro atoms. The third kappa shape index (κ3) is 3.32. The van der Waals surface area contributed by atoms with E-state index in [2.05, 4.69) is 0 Å². The lowest BCUT2D eigenvalue weighted by atomic mass is 10.2. The summed E-state index contributed by atoms with van der Waals surface area (Å²) in [6.07, 6.45) is 0. The second-order valence-electron chi connectivity index (χ2n) is 3.87. The highest BCUT2D eigenvalue weighted by Crippen LogP contribution is 2.34. The molecule has 6 heteroatoms. The first-order valence-corrected chi connectivity index (χ1v) is 7.47. The molecule has 0 unspecified atom stereocenters. The Morgan fingerprint density at radius 1 is 1.45 bits per heavy atom. The molecule has 0 fully saturated rings. The van der Waals surface area contributed by atoms with Gasteiger partial charge in [0, 0.05) is 5.75 Å². The van der Waals surface area contributed by atoms with Gasteiger partial charge in [0.15, 0.2) is 0 Å². The van der Waals surface area contributed by atoms with E-state index >= 15 is 0 Å². The van der Waals surface area contributed by atoms with Crippen LogP contribution >= 0.6 is 23.1 Å². The normalized spacial score (nSPS) is 10.0. The van der Waals surface area contributed by atoms with Gasteiger partial charge in [0.05, 0.1) is 16.9 Å². The number of rotatable bonds is 5. The average Bonchev–Trinajstić information content (AvgIpc) is 2.89. The lowest BCUT2D eigenvalue weighted by molar-refractivity contribution is 0.0702. The largest absolute Gasteiger partial charge is 0.497 e. The van der Waals surface area contributed by atoms with Gasteiger partial charge < -0.3 is 9.84 Å². The van der Waals surface area contributed by atoms with E-state index in [4.69, 9.17) is 15.1 Å². The molecule has 1 N–H and O–H groups in total. The number of carboxylic acids is 1. The van der Waals surface area contributed by atoms with Crippen LogP contribution in [0.1, 0.15) is 20.8 Å². The van der Waals surface area contributed by atoms with Crippen molar-refractivity contribution in [1.82, 2.24) is 0 Å². The van der Waals surface area contributed by atoms with Crippen LogP contribution < -0.4 is 4.74 Å². The Kier molecular flexibility index (Phi) is 4.66. The van der Waals surface area contributed by atoms with Crippen LogP contribution in [0.2, 0.25) is 0 Å². The van der Waals surface area contributed by atoms with Crippen molar-refractivity contribution < 1.29 is 14.6 Å². The van der Waals surface area contributed by atoms with Crippen LogP contribution in [-0.4, -0.2) is 18.2 Å². The van der Waals surface area contributed by atoms with Crippen molar-refractivity contribution in [2.24, 2.45) is 0 Å². The van der Waals surface area contributed by atoms with E-state index in [0.717, 1.165) is 26.9 Å². The number of nitrogens with zero attached hydrogens (tertiary/aromatic N) is 1. The van der Waals surface area contributed by atoms with Crippen LogP contribution in [-0.2, 0) is 5.75 Å². The number of thiophene rings is 1. The lowest BCUT2D eigenvalue weighted by Gasteiger charge is -2.02. The predicted molar refractivity (Wildman–Crippen MR) is 78.5 cm³/mol. The number of carbonyl (C=O) groups is 1. The molecule has 0 aliphatic rings. The number of methoxy groups -OCH3 is 1. The van der Waals surface area contributed by atoms with Crippen LogP contribution in [0.5, 0.6) is 5.75 Å². The van der Waals surface area contributed by atoms with Crippen LogP contribution in [0.3, 0.4) is 0 Å². The highest BCUT2D eigenvalue weighted by molar-refractivity contribution is 8.00. The van der Waals surface area contributed by atoms with Crippen molar-refractivity contribution in [3.05, 3.63) is 46.3 Å². The third-order valence-corrected chi connectivity index (χ3v) is 5.04. The Hall–Kier alpha value is -1.97. The van der Waals surface area contributed by atoms with Gasteiger partial charge in [-0.3, -0.25) is 0 Å². The molecule has 0 radical (unpaired) electrons. The zero-order valence-electron chi connectivity index (χ0n) is 10.6. The van der Waals surface area contributed by atoms with Gasteiger partial charge in [0.1, 0.15) is 16.7 Å². The van der Waals surface area contributed by atoms with Crippen molar-refractivity contribution in [3.8, 4) is 11.8 Å². The van der Waals surface area contributed by atoms with Crippen LogP contribution in [0.25, 0.3) is 0 Å². The zero-order valence-corrected chi connectivity index (χ0v) is 12.3. The summed E-state index contributed by atoms with van der Waals surface area (Å²) in [4.78, 5) is 11.1. The number of aromatic carboxylic acids is 1. The minimum Gasteiger partial charge on any atom is -0.497 e. The summed E-state index contributed by atoms with van der Waals surface area (Å²) >= 11 is 2.60. The first kappa shape index (κ1) is 14.4. The highest BCUT2D eigenvalue weighted by atomic mass is 32.2. The number of ether oxygens (including phenoxy) is 1. The van der Waals surface area contributed by atoms with Crippen LogP contribution in [0.4, 0.5) is 0 Å². The lowest BCUT2D eigenvalue weighted by Crippen LogP contribution is -1.89. The number of thioether (sulfide) groups is 1. The summed E-state index contributed by atoms with van der Waals surface area (Å²) in [7, 11) is 1.61. The maximum atomic E-state index is 10.9. The summed E-state index contributed by atoms with van der Waals surface area (Å²) < 4.78 is 5.82. The summed E-state index contributed by atoms with van der Waals surface area (Å²) in [5, 5.41) is 18.0. The molecule has 0 aliphatic carbocycles. The molecule has 0 aliphatic heterocycles. The molecular weight excluding hydrogens is 294 g/mol. The van der Waals surface area contributed by atoms with E-state index in [9.17, 15) is 4.79 Å². The number of carboxylic acid groups (broad SMARTS) is 1. The molecule has 2 aromatic rings. The Morgan fingerprint density at radius 2 is 2.15 bits per heavy atom. The zero-order chi connectivity index (χ0) is 14.5. The van der Waals surface area contributed by atoms with Crippen molar-refractivity contribution in [2.45, 2.75) is 9.96 Å². The fourth-order valence-electron chi connectivity index (χ4n) is 1.54. The second kappa shape index (κ2) is 6.46. The van der Waals surface area contributed by atoms with E-state index in [-0.39, 0.29) is 4.88 Å². The van der Waals surface area contributed by atoms with Crippen molar-refractivity contribution in [3.63, 3.8) is 0 Å². The van der Waals surface area contributed by atoms with Crippen molar-refractivity contribution >= 4 is 29.1 Å². The van der Waals surface area contributed by atoms with Gasteiger partial charge in [-0.2, -0.15) is 5.26 Å². The quantitative estimate of drug-likeness (QED) is 0.854. The first-order valence-electron chi connectivity index (χ1n) is 5.67. The summed E-state index contributed by atoms with van der Waals surface area (Å²) in [5.74, 6) is 0.474. The van der Waals surface area contributed by atoms with Gasteiger partial charge in [-0.1, -0.05) is 12.1 Å². The second-order valence-corrected chi connectivity index (χ2v) is 6.16. The van der Waals surface area contributed by atoms with Gasteiger partial charge in [-0.15, -0.1) is 23.1 Å². The molecule has 4 nitrogen and oxygen atoms in total. The van der Waals surface area contributed by atoms with Gasteiger partial charge >= 0.3 is 5.97 Å². The monoisotopic (exact) mass is 305 g/mol. The topological polar surface area (TPSA) is 70.3 Å². The van der Waals surface area contributed by atoms with E-state index in [1.807, 2.05) is 30.3 Å². The Balaban J connectivity index is 2.10. The maximum Gasteiger partial charge on any atom is 0.345 e. The number of nitriles is 1. The fourth-order valence-corrected chi connectivity index (χ4v) is 3.65. The Bertz CT molecular complexity index is 656. The standard InChI is InChI=1S/C14H11NO3S2/c1-18-11-4-2-9(3-5-11)8-19-14-10(7-15)6-12(20-14)13(16)17/h2-6H,8H2,1H3,(H,16,17). The number of hydrogen-bond acceptors (Lipinski definition) is 5. The van der Waals surface area contributed by atoms with E-state index in [1.54, 1.807) is 7.11 Å². The average molecular weight is 305 g/mol. The van der Waals surface area contributed by atoms with Crippen LogP contribution in [0, 0.1) is 11.3 Å². The predicted octanol–water partition coefficient (Wildman–Crippen LogP) is 3.62. The molecule has 0 saturated carbocycles. The maximum absolute atomic E-state index is 10.9. The number of benzene rings is 1. The first-order chi connectivity index (χ1) is 9.63. The van der Waals surface area contributed by atoms with Gasteiger partial charge in [-0.25, -0.2) is 4.79 Å². The molecule has 0 bridgehead atoms. The Labute approximate surface area is 124 Å². The molecule has 0 saturated heterocycles. The Morgan fingerprint density at radius 3 is 2.70 bits per heavy atom. The van der Waals surface area contributed by atoms with Gasteiger partial charge in [0.25, 0.3) is 0 Å². The molecule has 0 atom stereocenters. The van der Waals surface area contributed by atoms with Gasteiger partial charge in [0.2, 0.25) is 0 Å². The van der Waals surface area contributed by atoms with E-state index in [0.29, 0.717) is 11.3 Å². The summed E-state index contributed by atoms with van der Waals surface area (Å²) in [6.45, 7) is 0. The summed E-state index contributed by atoms with van der Waals surface area (Å²) in [6, 6.07) is 11.1. The minimum absolute atomic E-state index is 0.193. The smallest absolute Gasteiger partial charge is 0.345 e. The molecule has 20 heavy (non-hydrogen) atoms. The fraction of sp³-hybridized carbons (Fsp3) is 0.143. The third-order valence-electron chi connectivity index (χ3n) is 2.56. The molecule has 2 rings (SSSR count). The molecule has 1 heterocycles. The molecule has 102 valence electrons.